The molecule has 6 nitrogen and oxygen atoms in total. The molecule has 1 saturated heterocycles. The molecule has 0 aliphatic carbocycles. The van der Waals surface area contributed by atoms with Gasteiger partial charge in [0.2, 0.25) is 10.0 Å². The standard InChI is InChI=1S/C16H18BrClN2O4S/c1-23-16-14(17)9-12(18)10-15(16)25(21,22)20-6-4-19(5-7-20)11-13-3-2-8-24-13/h2-3,8-10H,4-7,11H2,1H3. The largest absolute Gasteiger partial charge is 0.494 e. The van der Waals surface area contributed by atoms with Gasteiger partial charge in [-0.2, -0.15) is 4.31 Å². The Bertz CT molecular complexity index is 834. The number of halogens is 2. The SMILES string of the molecule is COc1c(Br)cc(Cl)cc1S(=O)(=O)N1CCN(Cc2ccco2)CC1. The van der Waals surface area contributed by atoms with Crippen LogP contribution in [-0.4, -0.2) is 50.9 Å². The summed E-state index contributed by atoms with van der Waals surface area (Å²) in [6, 6.07) is 6.80. The molecule has 25 heavy (non-hydrogen) atoms. The number of ether oxygens (including phenoxy) is 1. The van der Waals surface area contributed by atoms with Gasteiger partial charge >= 0.3 is 0 Å². The lowest BCUT2D eigenvalue weighted by Gasteiger charge is -2.33. The summed E-state index contributed by atoms with van der Waals surface area (Å²) in [7, 11) is -2.25. The summed E-state index contributed by atoms with van der Waals surface area (Å²) in [6.07, 6.45) is 1.64. The minimum Gasteiger partial charge on any atom is -0.494 e. The molecule has 1 aromatic carbocycles. The second kappa shape index (κ2) is 7.67. The lowest BCUT2D eigenvalue weighted by atomic mass is 10.3. The fourth-order valence-corrected chi connectivity index (χ4v) is 5.61. The van der Waals surface area contributed by atoms with Crippen molar-refractivity contribution in [3.63, 3.8) is 0 Å². The average Bonchev–Trinajstić information content (AvgIpc) is 3.07. The Balaban J connectivity index is 1.76. The molecule has 0 saturated carbocycles. The van der Waals surface area contributed by atoms with E-state index >= 15 is 0 Å². The van der Waals surface area contributed by atoms with Crippen LogP contribution >= 0.6 is 27.5 Å². The summed E-state index contributed by atoms with van der Waals surface area (Å²) >= 11 is 9.35. The van der Waals surface area contributed by atoms with E-state index in [1.54, 1.807) is 12.3 Å². The van der Waals surface area contributed by atoms with Crippen LogP contribution in [0.25, 0.3) is 0 Å². The molecule has 2 heterocycles. The Kier molecular flexibility index (Phi) is 5.75. The monoisotopic (exact) mass is 448 g/mol. The third-order valence-corrected chi connectivity index (χ3v) is 6.80. The Morgan fingerprint density at radius 1 is 1.28 bits per heavy atom. The number of sulfonamides is 1. The van der Waals surface area contributed by atoms with E-state index in [0.29, 0.717) is 42.2 Å². The fraction of sp³-hybridized carbons (Fsp3) is 0.375. The first-order valence-corrected chi connectivity index (χ1v) is 10.3. The predicted octanol–water partition coefficient (Wildman–Crippen LogP) is 3.21. The van der Waals surface area contributed by atoms with Gasteiger partial charge in [0.15, 0.2) is 5.75 Å². The first kappa shape index (κ1) is 18.7. The molecule has 0 atom stereocenters. The molecule has 9 heteroatoms. The van der Waals surface area contributed by atoms with E-state index in [9.17, 15) is 8.42 Å². The summed E-state index contributed by atoms with van der Waals surface area (Å²) in [4.78, 5) is 2.24. The molecule has 0 unspecified atom stereocenters. The highest BCUT2D eigenvalue weighted by Crippen LogP contribution is 2.37. The van der Waals surface area contributed by atoms with Gasteiger partial charge in [-0.3, -0.25) is 4.90 Å². The number of piperazine rings is 1. The Morgan fingerprint density at radius 2 is 2.00 bits per heavy atom. The first-order valence-electron chi connectivity index (χ1n) is 7.69. The van der Waals surface area contributed by atoms with Gasteiger partial charge in [-0.25, -0.2) is 8.42 Å². The molecule has 3 rings (SSSR count). The maximum absolute atomic E-state index is 13.0. The third-order valence-electron chi connectivity index (χ3n) is 4.09. The normalized spacial score (nSPS) is 16.9. The van der Waals surface area contributed by atoms with Crippen LogP contribution in [0, 0.1) is 0 Å². The van der Waals surface area contributed by atoms with E-state index in [4.69, 9.17) is 20.8 Å². The molecule has 0 amide bonds. The van der Waals surface area contributed by atoms with Crippen LogP contribution in [0.15, 0.2) is 44.3 Å². The minimum atomic E-state index is -3.69. The maximum Gasteiger partial charge on any atom is 0.246 e. The molecular weight excluding hydrogens is 432 g/mol. The third kappa shape index (κ3) is 4.03. The fourth-order valence-electron chi connectivity index (χ4n) is 2.82. The number of methoxy groups -OCH3 is 1. The summed E-state index contributed by atoms with van der Waals surface area (Å²) in [5, 5.41) is 0.336. The van der Waals surface area contributed by atoms with Crippen LogP contribution < -0.4 is 4.74 Å². The smallest absolute Gasteiger partial charge is 0.246 e. The van der Waals surface area contributed by atoms with Crippen LogP contribution in [0.5, 0.6) is 5.75 Å². The molecule has 0 bridgehead atoms. The topological polar surface area (TPSA) is 63.0 Å². The van der Waals surface area contributed by atoms with Crippen LogP contribution in [0.1, 0.15) is 5.76 Å². The molecule has 136 valence electrons. The molecule has 1 aliphatic rings. The lowest BCUT2D eigenvalue weighted by molar-refractivity contribution is 0.171. The summed E-state index contributed by atoms with van der Waals surface area (Å²) < 4.78 is 38.6. The summed E-state index contributed by atoms with van der Waals surface area (Å²) in [5.41, 5.74) is 0. The zero-order valence-corrected chi connectivity index (χ0v) is 16.8. The maximum atomic E-state index is 13.0. The van der Waals surface area contributed by atoms with Crippen LogP contribution in [-0.2, 0) is 16.6 Å². The summed E-state index contributed by atoms with van der Waals surface area (Å²) in [6.45, 7) is 2.73. The van der Waals surface area contributed by atoms with Crippen molar-refractivity contribution in [1.29, 1.82) is 0 Å². The molecule has 1 fully saturated rings. The van der Waals surface area contributed by atoms with Gasteiger partial charge in [-0.1, -0.05) is 11.6 Å². The Labute approximate surface area is 160 Å². The zero-order chi connectivity index (χ0) is 18.0. The van der Waals surface area contributed by atoms with Gasteiger partial charge in [0, 0.05) is 31.2 Å². The number of benzene rings is 1. The van der Waals surface area contributed by atoms with Crippen LogP contribution in [0.3, 0.4) is 0 Å². The molecule has 1 aliphatic heterocycles. The van der Waals surface area contributed by atoms with Crippen molar-refractivity contribution >= 4 is 37.6 Å². The van der Waals surface area contributed by atoms with E-state index in [1.165, 1.54) is 17.5 Å². The molecule has 0 spiro atoms. The van der Waals surface area contributed by atoms with Gasteiger partial charge in [-0.15, -0.1) is 0 Å². The zero-order valence-electron chi connectivity index (χ0n) is 13.6. The van der Waals surface area contributed by atoms with E-state index < -0.39 is 10.0 Å². The first-order chi connectivity index (χ1) is 11.9. The summed E-state index contributed by atoms with van der Waals surface area (Å²) in [5.74, 6) is 1.14. The Morgan fingerprint density at radius 3 is 2.60 bits per heavy atom. The molecule has 1 aromatic heterocycles. The molecule has 0 radical (unpaired) electrons. The van der Waals surface area contributed by atoms with Gasteiger partial charge in [0.05, 0.1) is 24.4 Å². The van der Waals surface area contributed by atoms with Crippen molar-refractivity contribution in [2.24, 2.45) is 0 Å². The van der Waals surface area contributed by atoms with Crippen molar-refractivity contribution in [1.82, 2.24) is 9.21 Å². The van der Waals surface area contributed by atoms with Crippen molar-refractivity contribution in [2.75, 3.05) is 33.3 Å². The Hall–Kier alpha value is -1.06. The number of hydrogen-bond donors (Lipinski definition) is 0. The number of rotatable bonds is 5. The van der Waals surface area contributed by atoms with Gasteiger partial charge in [0.1, 0.15) is 10.7 Å². The van der Waals surface area contributed by atoms with E-state index in [2.05, 4.69) is 20.8 Å². The molecular formula is C16H18BrClN2O4S. The predicted molar refractivity (Wildman–Crippen MR) is 98.4 cm³/mol. The van der Waals surface area contributed by atoms with E-state index in [0.717, 1.165) is 5.76 Å². The number of hydrogen-bond acceptors (Lipinski definition) is 5. The quantitative estimate of drug-likeness (QED) is 0.701. The van der Waals surface area contributed by atoms with Crippen molar-refractivity contribution in [3.05, 3.63) is 45.8 Å². The van der Waals surface area contributed by atoms with Crippen molar-refractivity contribution in [2.45, 2.75) is 11.4 Å². The van der Waals surface area contributed by atoms with E-state index in [1.807, 2.05) is 12.1 Å². The number of nitrogens with zero attached hydrogens (tertiary/aromatic N) is 2. The highest BCUT2D eigenvalue weighted by molar-refractivity contribution is 9.10. The second-order valence-corrected chi connectivity index (χ2v) is 8.88. The van der Waals surface area contributed by atoms with Gasteiger partial charge in [-0.05, 0) is 40.2 Å². The second-order valence-electron chi connectivity index (χ2n) is 5.68. The van der Waals surface area contributed by atoms with Gasteiger partial charge < -0.3 is 9.15 Å². The lowest BCUT2D eigenvalue weighted by Crippen LogP contribution is -2.48. The van der Waals surface area contributed by atoms with Crippen LogP contribution in [0.2, 0.25) is 5.02 Å². The number of furan rings is 1. The minimum absolute atomic E-state index is 0.0776. The van der Waals surface area contributed by atoms with Crippen molar-refractivity contribution in [3.8, 4) is 5.75 Å². The molecule has 0 N–H and O–H groups in total. The highest BCUT2D eigenvalue weighted by atomic mass is 79.9. The molecule has 2 aromatic rings. The highest BCUT2D eigenvalue weighted by Gasteiger charge is 2.32. The van der Waals surface area contributed by atoms with Gasteiger partial charge in [0.25, 0.3) is 0 Å². The van der Waals surface area contributed by atoms with E-state index in [-0.39, 0.29) is 10.6 Å². The average molecular weight is 450 g/mol. The van der Waals surface area contributed by atoms with Crippen molar-refractivity contribution < 1.29 is 17.6 Å². The van der Waals surface area contributed by atoms with Crippen LogP contribution in [0.4, 0.5) is 0 Å².